The van der Waals surface area contributed by atoms with Gasteiger partial charge in [0.2, 0.25) is 0 Å². The summed E-state index contributed by atoms with van der Waals surface area (Å²) in [5, 5.41) is 2.41. The Morgan fingerprint density at radius 1 is 1.07 bits per heavy atom. The maximum Gasteiger partial charge on any atom is 0.412 e. The number of esters is 1. The Hall–Kier alpha value is -3.62. The van der Waals surface area contributed by atoms with E-state index in [2.05, 4.69) is 11.4 Å². The molecular formula is C31H40N2O7. The van der Waals surface area contributed by atoms with Gasteiger partial charge in [0.25, 0.3) is 11.8 Å². The molecule has 5 rings (SSSR count). The van der Waals surface area contributed by atoms with Gasteiger partial charge in [-0.05, 0) is 70.8 Å². The van der Waals surface area contributed by atoms with Crippen molar-refractivity contribution < 1.29 is 33.4 Å². The Morgan fingerprint density at radius 2 is 1.70 bits per heavy atom. The molecule has 1 saturated carbocycles. The van der Waals surface area contributed by atoms with Crippen LogP contribution in [0.4, 0.5) is 4.79 Å². The fourth-order valence-electron chi connectivity index (χ4n) is 5.75. The summed E-state index contributed by atoms with van der Waals surface area (Å²) < 4.78 is 16.2. The molecule has 3 amide bonds. The third-order valence-corrected chi connectivity index (χ3v) is 7.95. The number of amides is 3. The lowest BCUT2D eigenvalue weighted by atomic mass is 9.93. The molecule has 0 saturated heterocycles. The van der Waals surface area contributed by atoms with Crippen molar-refractivity contribution in [1.29, 1.82) is 0 Å². The number of ether oxygens (including phenoxy) is 3. The lowest BCUT2D eigenvalue weighted by molar-refractivity contribution is -0.156. The first-order valence-corrected chi connectivity index (χ1v) is 13.9. The minimum atomic E-state index is -0.485. The molecule has 2 aliphatic carbocycles. The predicted octanol–water partition coefficient (Wildman–Crippen LogP) is 5.08. The molecule has 0 aromatic heterocycles. The summed E-state index contributed by atoms with van der Waals surface area (Å²) in [7, 11) is 1.52. The first kappa shape index (κ1) is 29.4. The highest BCUT2D eigenvalue weighted by Crippen LogP contribution is 2.59. The number of nitrogens with zero attached hydrogens (tertiary/aromatic N) is 1. The summed E-state index contributed by atoms with van der Waals surface area (Å²) >= 11 is 0. The molecule has 4 aliphatic rings. The van der Waals surface area contributed by atoms with Gasteiger partial charge < -0.3 is 19.5 Å². The van der Waals surface area contributed by atoms with Crippen LogP contribution < -0.4 is 14.8 Å². The molecule has 2 aliphatic heterocycles. The van der Waals surface area contributed by atoms with E-state index in [0.29, 0.717) is 35.5 Å². The Kier molecular flexibility index (Phi) is 8.15. The van der Waals surface area contributed by atoms with E-state index in [9.17, 15) is 19.2 Å². The molecule has 0 radical (unpaired) electrons. The topological polar surface area (TPSA) is 111 Å². The van der Waals surface area contributed by atoms with E-state index >= 15 is 0 Å². The maximum absolute atomic E-state index is 12.4. The molecule has 40 heavy (non-hydrogen) atoms. The highest BCUT2D eigenvalue weighted by molar-refractivity contribution is 6.19. The van der Waals surface area contributed by atoms with Crippen molar-refractivity contribution in [2.45, 2.75) is 79.2 Å². The van der Waals surface area contributed by atoms with Gasteiger partial charge in [-0.25, -0.2) is 9.69 Å². The number of para-hydroxylation sites is 1. The van der Waals surface area contributed by atoms with Gasteiger partial charge in [0.05, 0.1) is 5.92 Å². The first-order valence-electron chi connectivity index (χ1n) is 13.9. The number of allylic oxidation sites excluding steroid dienone is 2. The van der Waals surface area contributed by atoms with Crippen LogP contribution in [0, 0.1) is 17.3 Å². The maximum atomic E-state index is 12.4. The molecule has 2 atom stereocenters. The fraction of sp³-hybridized carbons (Fsp3) is 0.548. The highest BCUT2D eigenvalue weighted by atomic mass is 16.6. The number of carbonyl (C=O) groups is 4. The quantitative estimate of drug-likeness (QED) is 0.308. The summed E-state index contributed by atoms with van der Waals surface area (Å²) in [6, 6.07) is 5.58. The van der Waals surface area contributed by atoms with Crippen molar-refractivity contribution in [1.82, 2.24) is 10.2 Å². The molecule has 216 valence electrons. The summed E-state index contributed by atoms with van der Waals surface area (Å²) in [6.45, 7) is 11.8. The van der Waals surface area contributed by atoms with Gasteiger partial charge in [0.15, 0.2) is 18.2 Å². The van der Waals surface area contributed by atoms with E-state index in [1.807, 2.05) is 53.7 Å². The van der Waals surface area contributed by atoms with Crippen molar-refractivity contribution in [2.75, 3.05) is 13.8 Å². The van der Waals surface area contributed by atoms with Gasteiger partial charge in [0.1, 0.15) is 5.60 Å². The van der Waals surface area contributed by atoms with E-state index in [1.165, 1.54) is 12.6 Å². The lowest BCUT2D eigenvalue weighted by Gasteiger charge is -2.17. The molecule has 2 heterocycles. The number of carbonyl (C=O) groups excluding carboxylic acids is 4. The average molecular weight is 553 g/mol. The smallest absolute Gasteiger partial charge is 0.412 e. The average Bonchev–Trinajstić information content (AvgIpc) is 3.13. The van der Waals surface area contributed by atoms with Crippen molar-refractivity contribution in [3.05, 3.63) is 46.6 Å². The molecule has 9 nitrogen and oxygen atoms in total. The third-order valence-electron chi connectivity index (χ3n) is 7.95. The van der Waals surface area contributed by atoms with Crippen LogP contribution in [0.25, 0.3) is 0 Å². The lowest BCUT2D eigenvalue weighted by Crippen LogP contribution is -2.35. The first-order chi connectivity index (χ1) is 18.8. The normalized spacial score (nSPS) is 23.2. The van der Waals surface area contributed by atoms with Crippen LogP contribution in [0.15, 0.2) is 41.0 Å². The predicted molar refractivity (Wildman–Crippen MR) is 148 cm³/mol. The van der Waals surface area contributed by atoms with E-state index in [0.717, 1.165) is 29.7 Å². The van der Waals surface area contributed by atoms with E-state index < -0.39 is 6.09 Å². The van der Waals surface area contributed by atoms with E-state index in [-0.39, 0.29) is 47.4 Å². The van der Waals surface area contributed by atoms with Crippen LogP contribution in [0.3, 0.4) is 0 Å². The molecule has 1 fully saturated rings. The number of rotatable bonds is 5. The number of benzene rings is 1. The molecular weight excluding hydrogens is 512 g/mol. The Labute approximate surface area is 235 Å². The zero-order chi connectivity index (χ0) is 29.4. The van der Waals surface area contributed by atoms with Gasteiger partial charge in [0, 0.05) is 30.2 Å². The Balaban J connectivity index is 0.000000201. The van der Waals surface area contributed by atoms with Crippen molar-refractivity contribution in [2.24, 2.45) is 17.3 Å². The van der Waals surface area contributed by atoms with Gasteiger partial charge in [-0.15, -0.1) is 0 Å². The van der Waals surface area contributed by atoms with Crippen molar-refractivity contribution in [3.63, 3.8) is 0 Å². The standard InChI is InChI=1S/C19H25NO4.C12H15NO3/c1-11(2)9-14-15(19(14,3)4)18(23)24-10-20-16(21)12-7-5-6-8-13(12)17(20)22;1-12(2)7-8-5-4-6-9(10(8)16-12)15-11(14)13-3/h9,14-15H,5-8,10H2,1-4H3;4-6H,7H2,1-3H3,(H,13,14). The van der Waals surface area contributed by atoms with Crippen LogP contribution >= 0.6 is 0 Å². The van der Waals surface area contributed by atoms with Gasteiger partial charge in [-0.3, -0.25) is 14.4 Å². The van der Waals surface area contributed by atoms with Crippen molar-refractivity contribution >= 4 is 23.9 Å². The molecule has 9 heteroatoms. The summed E-state index contributed by atoms with van der Waals surface area (Å²) in [6.07, 6.45) is 5.62. The molecule has 1 aromatic rings. The SMILES string of the molecule is CC(C)=CC1C(C(=O)OCN2C(=O)C3=C(CCCC3)C2=O)C1(C)C.CNC(=O)Oc1cccc2c1OC(C)(C)C2. The minimum Gasteiger partial charge on any atom is -0.483 e. The molecule has 1 N–H and O–H groups in total. The molecule has 0 spiro atoms. The number of nitrogens with one attached hydrogen (secondary N) is 1. The molecule has 0 bridgehead atoms. The van der Waals surface area contributed by atoms with Crippen molar-refractivity contribution in [3.8, 4) is 11.5 Å². The highest BCUT2D eigenvalue weighted by Gasteiger charge is 2.61. The monoisotopic (exact) mass is 552 g/mol. The zero-order valence-corrected chi connectivity index (χ0v) is 24.5. The molecule has 2 unspecified atom stereocenters. The number of hydrogen-bond donors (Lipinski definition) is 1. The minimum absolute atomic E-state index is 0.134. The van der Waals surface area contributed by atoms with Crippen LogP contribution in [-0.4, -0.2) is 48.2 Å². The number of fused-ring (bicyclic) bond motifs is 1. The third kappa shape index (κ3) is 5.93. The molecule has 1 aromatic carbocycles. The summed E-state index contributed by atoms with van der Waals surface area (Å²) in [5.41, 5.74) is 3.12. The van der Waals surface area contributed by atoms with Gasteiger partial charge in [-0.1, -0.05) is 37.6 Å². The fourth-order valence-corrected chi connectivity index (χ4v) is 5.75. The van der Waals surface area contributed by atoms with Crippen LogP contribution in [-0.2, 0) is 25.5 Å². The Morgan fingerprint density at radius 3 is 2.27 bits per heavy atom. The van der Waals surface area contributed by atoms with Gasteiger partial charge in [-0.2, -0.15) is 0 Å². The van der Waals surface area contributed by atoms with E-state index in [1.54, 1.807) is 6.07 Å². The number of hydrogen-bond acceptors (Lipinski definition) is 7. The second-order valence-electron chi connectivity index (χ2n) is 12.3. The summed E-state index contributed by atoms with van der Waals surface area (Å²) in [5.74, 6) is 0.220. The van der Waals surface area contributed by atoms with Crippen LogP contribution in [0.1, 0.15) is 72.8 Å². The second-order valence-corrected chi connectivity index (χ2v) is 12.3. The largest absolute Gasteiger partial charge is 0.483 e. The summed E-state index contributed by atoms with van der Waals surface area (Å²) in [4.78, 5) is 49.3. The zero-order valence-electron chi connectivity index (χ0n) is 24.5. The van der Waals surface area contributed by atoms with Gasteiger partial charge >= 0.3 is 12.1 Å². The van der Waals surface area contributed by atoms with Crippen LogP contribution in [0.5, 0.6) is 11.5 Å². The van der Waals surface area contributed by atoms with Crippen LogP contribution in [0.2, 0.25) is 0 Å². The Bertz CT molecular complexity index is 1260. The second kappa shape index (κ2) is 11.1. The number of imide groups is 1. The van der Waals surface area contributed by atoms with E-state index in [4.69, 9.17) is 14.2 Å².